The van der Waals surface area contributed by atoms with Crippen LogP contribution in [0.1, 0.15) is 54.4 Å². The fraction of sp³-hybridized carbons (Fsp3) is 0.615. The highest BCUT2D eigenvalue weighted by molar-refractivity contribution is 7.89. The van der Waals surface area contributed by atoms with E-state index < -0.39 is 16.0 Å². The zero-order chi connectivity index (χ0) is 15.3. The van der Waals surface area contributed by atoms with Gasteiger partial charge in [-0.25, -0.2) is 17.9 Å². The predicted octanol–water partition coefficient (Wildman–Crippen LogP) is 2.19. The fourth-order valence-electron chi connectivity index (χ4n) is 2.18. The second-order valence-electron chi connectivity index (χ2n) is 4.84. The Bertz CT molecular complexity index is 575. The molecule has 1 rings (SSSR count). The Morgan fingerprint density at radius 1 is 1.25 bits per heavy atom. The van der Waals surface area contributed by atoms with Crippen LogP contribution < -0.4 is 4.72 Å². The SMILES string of the molecule is CCCCCCNS(=O)(=O)c1c(C)[nH]c(C(=O)O)c1C. The summed E-state index contributed by atoms with van der Waals surface area (Å²) in [6.07, 6.45) is 3.92. The summed E-state index contributed by atoms with van der Waals surface area (Å²) in [4.78, 5) is 13.7. The zero-order valence-corrected chi connectivity index (χ0v) is 12.9. The number of aromatic carboxylic acids is 1. The van der Waals surface area contributed by atoms with Crippen LogP contribution in [0.4, 0.5) is 0 Å². The van der Waals surface area contributed by atoms with E-state index in [2.05, 4.69) is 16.6 Å². The Labute approximate surface area is 119 Å². The lowest BCUT2D eigenvalue weighted by Gasteiger charge is -2.07. The molecule has 0 aliphatic heterocycles. The number of H-pyrrole nitrogens is 1. The number of aromatic nitrogens is 1. The summed E-state index contributed by atoms with van der Waals surface area (Å²) in [5, 5.41) is 9.00. The van der Waals surface area contributed by atoms with E-state index in [0.29, 0.717) is 12.2 Å². The molecule has 114 valence electrons. The van der Waals surface area contributed by atoms with Crippen molar-refractivity contribution in [3.8, 4) is 0 Å². The average Bonchev–Trinajstić information content (AvgIpc) is 2.65. The lowest BCUT2D eigenvalue weighted by molar-refractivity contribution is 0.0690. The van der Waals surface area contributed by atoms with Crippen molar-refractivity contribution in [3.63, 3.8) is 0 Å². The number of carbonyl (C=O) groups is 1. The molecule has 1 heterocycles. The summed E-state index contributed by atoms with van der Waals surface area (Å²) < 4.78 is 27.0. The second-order valence-corrected chi connectivity index (χ2v) is 6.55. The number of carboxylic acids is 1. The van der Waals surface area contributed by atoms with Crippen molar-refractivity contribution in [1.29, 1.82) is 0 Å². The van der Waals surface area contributed by atoms with E-state index in [0.717, 1.165) is 25.7 Å². The van der Waals surface area contributed by atoms with Crippen molar-refractivity contribution in [1.82, 2.24) is 9.71 Å². The van der Waals surface area contributed by atoms with Gasteiger partial charge in [-0.3, -0.25) is 0 Å². The Morgan fingerprint density at radius 3 is 2.40 bits per heavy atom. The molecule has 0 amide bonds. The molecule has 3 N–H and O–H groups in total. The first kappa shape index (κ1) is 16.7. The van der Waals surface area contributed by atoms with Gasteiger partial charge in [-0.1, -0.05) is 26.2 Å². The smallest absolute Gasteiger partial charge is 0.352 e. The van der Waals surface area contributed by atoms with Crippen LogP contribution in [-0.4, -0.2) is 31.0 Å². The van der Waals surface area contributed by atoms with Gasteiger partial charge in [0.15, 0.2) is 0 Å². The molecule has 0 spiro atoms. The quantitative estimate of drug-likeness (QED) is 0.641. The summed E-state index contributed by atoms with van der Waals surface area (Å²) in [5.74, 6) is -1.16. The topological polar surface area (TPSA) is 99.3 Å². The average molecular weight is 302 g/mol. The van der Waals surface area contributed by atoms with Crippen LogP contribution >= 0.6 is 0 Å². The van der Waals surface area contributed by atoms with Gasteiger partial charge in [0.25, 0.3) is 0 Å². The van der Waals surface area contributed by atoms with Crippen molar-refractivity contribution in [2.45, 2.75) is 51.3 Å². The van der Waals surface area contributed by atoms with Crippen LogP contribution in [0, 0.1) is 13.8 Å². The number of aryl methyl sites for hydroxylation is 1. The van der Waals surface area contributed by atoms with Crippen molar-refractivity contribution in [3.05, 3.63) is 17.0 Å². The van der Waals surface area contributed by atoms with Gasteiger partial charge in [0, 0.05) is 17.8 Å². The van der Waals surface area contributed by atoms with Crippen molar-refractivity contribution >= 4 is 16.0 Å². The van der Waals surface area contributed by atoms with Crippen LogP contribution in [0.2, 0.25) is 0 Å². The van der Waals surface area contributed by atoms with E-state index in [1.807, 2.05) is 0 Å². The molecule has 0 saturated heterocycles. The van der Waals surface area contributed by atoms with E-state index in [1.165, 1.54) is 6.92 Å². The van der Waals surface area contributed by atoms with Crippen LogP contribution in [0.5, 0.6) is 0 Å². The van der Waals surface area contributed by atoms with Crippen LogP contribution in [0.15, 0.2) is 4.90 Å². The van der Waals surface area contributed by atoms with Gasteiger partial charge in [-0.2, -0.15) is 0 Å². The van der Waals surface area contributed by atoms with Gasteiger partial charge in [-0.15, -0.1) is 0 Å². The molecule has 0 aliphatic rings. The van der Waals surface area contributed by atoms with Gasteiger partial charge in [0.1, 0.15) is 10.6 Å². The van der Waals surface area contributed by atoms with Gasteiger partial charge in [0.2, 0.25) is 10.0 Å². The van der Waals surface area contributed by atoms with E-state index in [-0.39, 0.29) is 16.2 Å². The lowest BCUT2D eigenvalue weighted by atomic mass is 10.2. The Kier molecular flexibility index (Phi) is 5.76. The third-order valence-corrected chi connectivity index (χ3v) is 4.91. The maximum absolute atomic E-state index is 12.2. The molecule has 7 heteroatoms. The van der Waals surface area contributed by atoms with Crippen LogP contribution in [0.25, 0.3) is 0 Å². The molecule has 0 aliphatic carbocycles. The largest absolute Gasteiger partial charge is 0.477 e. The monoisotopic (exact) mass is 302 g/mol. The summed E-state index contributed by atoms with van der Waals surface area (Å²) in [7, 11) is -3.67. The summed E-state index contributed by atoms with van der Waals surface area (Å²) in [6.45, 7) is 5.52. The van der Waals surface area contributed by atoms with Crippen molar-refractivity contribution < 1.29 is 18.3 Å². The maximum atomic E-state index is 12.2. The number of hydrogen-bond acceptors (Lipinski definition) is 3. The molecule has 0 fully saturated rings. The molecule has 1 aromatic heterocycles. The summed E-state index contributed by atoms with van der Waals surface area (Å²) >= 11 is 0. The molecule has 0 saturated carbocycles. The van der Waals surface area contributed by atoms with Crippen LogP contribution in [0.3, 0.4) is 0 Å². The Balaban J connectivity index is 2.85. The first-order chi connectivity index (χ1) is 9.31. The first-order valence-electron chi connectivity index (χ1n) is 6.73. The number of hydrogen-bond donors (Lipinski definition) is 3. The standard InChI is InChI=1S/C13H22N2O4S/c1-4-5-6-7-8-14-20(18,19)12-9(2)11(13(16)17)15-10(12)3/h14-15H,4-8H2,1-3H3,(H,16,17). The molecule has 20 heavy (non-hydrogen) atoms. The highest BCUT2D eigenvalue weighted by atomic mass is 32.2. The summed E-state index contributed by atoms with van der Waals surface area (Å²) in [6, 6.07) is 0. The Hall–Kier alpha value is -1.34. The highest BCUT2D eigenvalue weighted by Gasteiger charge is 2.25. The minimum Gasteiger partial charge on any atom is -0.477 e. The molecule has 0 aromatic carbocycles. The normalized spacial score (nSPS) is 11.8. The number of unbranched alkanes of at least 4 members (excludes halogenated alkanes) is 3. The molecule has 0 unspecified atom stereocenters. The molecule has 0 radical (unpaired) electrons. The minimum absolute atomic E-state index is 0.0467. The van der Waals surface area contributed by atoms with Gasteiger partial charge < -0.3 is 10.1 Å². The second kappa shape index (κ2) is 6.90. The molecule has 6 nitrogen and oxygen atoms in total. The number of sulfonamides is 1. The Morgan fingerprint density at radius 2 is 1.90 bits per heavy atom. The number of aromatic amines is 1. The molecule has 1 aromatic rings. The highest BCUT2D eigenvalue weighted by Crippen LogP contribution is 2.22. The number of rotatable bonds is 8. The number of nitrogens with one attached hydrogen (secondary N) is 2. The molecular formula is C13H22N2O4S. The van der Waals surface area contributed by atoms with E-state index in [9.17, 15) is 13.2 Å². The molecule has 0 bridgehead atoms. The summed E-state index contributed by atoms with van der Waals surface area (Å²) in [5.41, 5.74) is 0.519. The maximum Gasteiger partial charge on any atom is 0.352 e. The first-order valence-corrected chi connectivity index (χ1v) is 8.21. The third-order valence-electron chi connectivity index (χ3n) is 3.17. The zero-order valence-electron chi connectivity index (χ0n) is 12.1. The third kappa shape index (κ3) is 3.83. The predicted molar refractivity (Wildman–Crippen MR) is 76.6 cm³/mol. The van der Waals surface area contributed by atoms with Gasteiger partial charge in [0.05, 0.1) is 0 Å². The molecule has 0 atom stereocenters. The lowest BCUT2D eigenvalue weighted by Crippen LogP contribution is -2.25. The van der Waals surface area contributed by atoms with E-state index in [1.54, 1.807) is 6.92 Å². The van der Waals surface area contributed by atoms with E-state index >= 15 is 0 Å². The fourth-order valence-corrected chi connectivity index (χ4v) is 3.70. The van der Waals surface area contributed by atoms with Gasteiger partial charge in [-0.05, 0) is 20.3 Å². The minimum atomic E-state index is -3.67. The molecular weight excluding hydrogens is 280 g/mol. The van der Waals surface area contributed by atoms with Crippen molar-refractivity contribution in [2.75, 3.05) is 6.54 Å². The van der Waals surface area contributed by atoms with Crippen molar-refractivity contribution in [2.24, 2.45) is 0 Å². The van der Waals surface area contributed by atoms with Gasteiger partial charge >= 0.3 is 5.97 Å². The number of carboxylic acid groups (broad SMARTS) is 1. The van der Waals surface area contributed by atoms with E-state index in [4.69, 9.17) is 5.11 Å². The van der Waals surface area contributed by atoms with Crippen LogP contribution in [-0.2, 0) is 10.0 Å².